The smallest absolute Gasteiger partial charge is 0.270 e. The summed E-state index contributed by atoms with van der Waals surface area (Å²) in [5.74, 6) is -0.652. The molecule has 32 heavy (non-hydrogen) atoms. The molecule has 2 amide bonds. The van der Waals surface area contributed by atoms with Crippen LogP contribution in [0.15, 0.2) is 90.0 Å². The lowest BCUT2D eigenvalue weighted by Gasteiger charge is -2.23. The van der Waals surface area contributed by atoms with Gasteiger partial charge in [0.25, 0.3) is 5.69 Å². The number of nitro benzene ring substituents is 1. The number of carbonyl (C=O) groups excluding carboxylic acids is 2. The third-order valence-electron chi connectivity index (χ3n) is 4.67. The van der Waals surface area contributed by atoms with Crippen LogP contribution in [-0.4, -0.2) is 22.4 Å². The van der Waals surface area contributed by atoms with Crippen LogP contribution < -0.4 is 10.3 Å². The van der Waals surface area contributed by atoms with Gasteiger partial charge in [-0.05, 0) is 31.2 Å². The standard InChI is InChI=1S/C24H22N4O4/c1-18(19-9-8-14-22(17-19)28(31)32)25-26-23(29)15-16-24(30)27(20-10-4-2-5-11-20)21-12-6-3-7-13-21/h2-14,17H,15-16H2,1H3,(H,26,29)/b25-18-. The van der Waals surface area contributed by atoms with Crippen molar-refractivity contribution in [2.24, 2.45) is 5.10 Å². The average molecular weight is 430 g/mol. The van der Waals surface area contributed by atoms with Crippen LogP contribution in [0, 0.1) is 10.1 Å². The van der Waals surface area contributed by atoms with Gasteiger partial charge < -0.3 is 0 Å². The van der Waals surface area contributed by atoms with E-state index in [2.05, 4.69) is 10.5 Å². The second-order valence-electron chi connectivity index (χ2n) is 6.94. The molecule has 0 spiro atoms. The van der Waals surface area contributed by atoms with Crippen molar-refractivity contribution >= 4 is 34.6 Å². The van der Waals surface area contributed by atoms with Crippen molar-refractivity contribution in [1.29, 1.82) is 0 Å². The lowest BCUT2D eigenvalue weighted by atomic mass is 10.1. The molecule has 0 saturated heterocycles. The maximum absolute atomic E-state index is 13.0. The van der Waals surface area contributed by atoms with Crippen LogP contribution in [0.1, 0.15) is 25.3 Å². The number of carbonyl (C=O) groups is 2. The zero-order chi connectivity index (χ0) is 22.9. The Morgan fingerprint density at radius 2 is 1.50 bits per heavy atom. The minimum absolute atomic E-state index is 0.0129. The number of hydrazone groups is 1. The summed E-state index contributed by atoms with van der Waals surface area (Å²) in [6, 6.07) is 24.4. The number of amides is 2. The quantitative estimate of drug-likeness (QED) is 0.321. The third-order valence-corrected chi connectivity index (χ3v) is 4.67. The van der Waals surface area contributed by atoms with Gasteiger partial charge in [0.05, 0.1) is 10.6 Å². The van der Waals surface area contributed by atoms with E-state index in [0.29, 0.717) is 22.6 Å². The first-order chi connectivity index (χ1) is 15.5. The number of nitrogens with zero attached hydrogens (tertiary/aromatic N) is 3. The second-order valence-corrected chi connectivity index (χ2v) is 6.94. The summed E-state index contributed by atoms with van der Waals surface area (Å²) in [7, 11) is 0. The molecule has 0 aliphatic carbocycles. The maximum Gasteiger partial charge on any atom is 0.270 e. The summed E-state index contributed by atoms with van der Waals surface area (Å²) < 4.78 is 0. The monoisotopic (exact) mass is 430 g/mol. The Balaban J connectivity index is 1.64. The average Bonchev–Trinajstić information content (AvgIpc) is 2.82. The molecule has 8 nitrogen and oxygen atoms in total. The highest BCUT2D eigenvalue weighted by molar-refractivity contribution is 6.02. The fourth-order valence-corrected chi connectivity index (χ4v) is 3.03. The Labute approximate surface area is 185 Å². The maximum atomic E-state index is 13.0. The number of benzene rings is 3. The van der Waals surface area contributed by atoms with Crippen molar-refractivity contribution in [3.05, 3.63) is 101 Å². The van der Waals surface area contributed by atoms with E-state index in [4.69, 9.17) is 0 Å². The number of nitro groups is 1. The Morgan fingerprint density at radius 1 is 0.906 bits per heavy atom. The number of hydrogen-bond donors (Lipinski definition) is 1. The van der Waals surface area contributed by atoms with Crippen molar-refractivity contribution in [3.8, 4) is 0 Å². The van der Waals surface area contributed by atoms with Crippen LogP contribution in [0.2, 0.25) is 0 Å². The number of non-ortho nitro benzene ring substituents is 1. The molecule has 0 fully saturated rings. The first-order valence-corrected chi connectivity index (χ1v) is 9.96. The van der Waals surface area contributed by atoms with Crippen LogP contribution in [0.4, 0.5) is 17.1 Å². The Morgan fingerprint density at radius 3 is 2.06 bits per heavy atom. The molecule has 0 unspecified atom stereocenters. The first-order valence-electron chi connectivity index (χ1n) is 9.96. The number of rotatable bonds is 8. The highest BCUT2D eigenvalue weighted by Gasteiger charge is 2.18. The highest BCUT2D eigenvalue weighted by Crippen LogP contribution is 2.26. The van der Waals surface area contributed by atoms with Gasteiger partial charge in [-0.1, -0.05) is 48.5 Å². The zero-order valence-corrected chi connectivity index (χ0v) is 17.5. The molecule has 1 N–H and O–H groups in total. The van der Waals surface area contributed by atoms with Crippen molar-refractivity contribution in [2.45, 2.75) is 19.8 Å². The van der Waals surface area contributed by atoms with Crippen LogP contribution in [0.3, 0.4) is 0 Å². The molecule has 0 heterocycles. The molecule has 162 valence electrons. The molecule has 0 aliphatic heterocycles. The lowest BCUT2D eigenvalue weighted by molar-refractivity contribution is -0.384. The van der Waals surface area contributed by atoms with E-state index in [1.165, 1.54) is 12.1 Å². The summed E-state index contributed by atoms with van der Waals surface area (Å²) in [5.41, 5.74) is 4.72. The molecule has 0 aromatic heterocycles. The normalized spacial score (nSPS) is 11.0. The third kappa shape index (κ3) is 5.85. The van der Waals surface area contributed by atoms with Crippen molar-refractivity contribution in [3.63, 3.8) is 0 Å². The summed E-state index contributed by atoms with van der Waals surface area (Å²) >= 11 is 0. The SMILES string of the molecule is C/C(=N/NC(=O)CCC(=O)N(c1ccccc1)c1ccccc1)c1cccc([N+](=O)[O-])c1. The number of anilines is 2. The summed E-state index contributed by atoms with van der Waals surface area (Å²) in [6.45, 7) is 1.64. The topological polar surface area (TPSA) is 105 Å². The van der Waals surface area contributed by atoms with Gasteiger partial charge in [-0.2, -0.15) is 5.10 Å². The predicted octanol–water partition coefficient (Wildman–Crippen LogP) is 4.58. The first kappa shape index (κ1) is 22.4. The zero-order valence-electron chi connectivity index (χ0n) is 17.5. The molecule has 0 bridgehead atoms. The Hall–Kier alpha value is -4.33. The van der Waals surface area contributed by atoms with Gasteiger partial charge in [-0.3, -0.25) is 24.6 Å². The van der Waals surface area contributed by atoms with E-state index in [-0.39, 0.29) is 24.4 Å². The molecule has 0 radical (unpaired) electrons. The molecular weight excluding hydrogens is 408 g/mol. The van der Waals surface area contributed by atoms with Crippen LogP contribution in [-0.2, 0) is 9.59 Å². The van der Waals surface area contributed by atoms with Gasteiger partial charge in [0.15, 0.2) is 0 Å². The second kappa shape index (κ2) is 10.6. The lowest BCUT2D eigenvalue weighted by Crippen LogP contribution is -2.28. The molecule has 3 aromatic carbocycles. The molecule has 0 saturated carbocycles. The number of hydrogen-bond acceptors (Lipinski definition) is 5. The molecular formula is C24H22N4O4. The van der Waals surface area contributed by atoms with E-state index in [1.807, 2.05) is 60.7 Å². The summed E-state index contributed by atoms with van der Waals surface area (Å²) in [5, 5.41) is 14.9. The number of nitrogens with one attached hydrogen (secondary N) is 1. The molecule has 8 heteroatoms. The molecule has 0 atom stereocenters. The van der Waals surface area contributed by atoms with Crippen LogP contribution in [0.25, 0.3) is 0 Å². The van der Waals surface area contributed by atoms with Crippen molar-refractivity contribution in [2.75, 3.05) is 4.90 Å². The summed E-state index contributed by atoms with van der Waals surface area (Å²) in [6.07, 6.45) is -0.0677. The molecule has 3 rings (SSSR count). The van der Waals surface area contributed by atoms with E-state index in [9.17, 15) is 19.7 Å². The molecule has 0 aliphatic rings. The highest BCUT2D eigenvalue weighted by atomic mass is 16.6. The van der Waals surface area contributed by atoms with E-state index >= 15 is 0 Å². The van der Waals surface area contributed by atoms with Gasteiger partial charge in [0.2, 0.25) is 11.8 Å². The van der Waals surface area contributed by atoms with Gasteiger partial charge in [-0.15, -0.1) is 0 Å². The minimum Gasteiger partial charge on any atom is -0.281 e. The van der Waals surface area contributed by atoms with E-state index < -0.39 is 10.8 Å². The van der Waals surface area contributed by atoms with E-state index in [1.54, 1.807) is 24.0 Å². The van der Waals surface area contributed by atoms with Gasteiger partial charge in [-0.25, -0.2) is 5.43 Å². The fraction of sp³-hybridized carbons (Fsp3) is 0.125. The van der Waals surface area contributed by atoms with Gasteiger partial charge >= 0.3 is 0 Å². The van der Waals surface area contributed by atoms with Crippen molar-refractivity contribution < 1.29 is 14.5 Å². The van der Waals surface area contributed by atoms with Gasteiger partial charge in [0.1, 0.15) is 0 Å². The Bertz CT molecular complexity index is 1090. The van der Waals surface area contributed by atoms with Crippen molar-refractivity contribution in [1.82, 2.24) is 5.43 Å². The van der Waals surface area contributed by atoms with Crippen LogP contribution in [0.5, 0.6) is 0 Å². The van der Waals surface area contributed by atoms with E-state index in [0.717, 1.165) is 0 Å². The Kier molecular flexibility index (Phi) is 7.42. The van der Waals surface area contributed by atoms with Crippen LogP contribution >= 0.6 is 0 Å². The fourth-order valence-electron chi connectivity index (χ4n) is 3.03. The largest absolute Gasteiger partial charge is 0.281 e. The molecule has 3 aromatic rings. The van der Waals surface area contributed by atoms with Gasteiger partial charge in [0, 0.05) is 41.9 Å². The predicted molar refractivity (Wildman–Crippen MR) is 123 cm³/mol. The minimum atomic E-state index is -0.494. The summed E-state index contributed by atoms with van der Waals surface area (Å²) in [4.78, 5) is 37.2. The number of para-hydroxylation sites is 2.